The van der Waals surface area contributed by atoms with E-state index < -0.39 is 17.2 Å². The van der Waals surface area contributed by atoms with Gasteiger partial charge in [-0.25, -0.2) is 9.18 Å². The van der Waals surface area contributed by atoms with Crippen LogP contribution < -0.4 is 15.5 Å². The van der Waals surface area contributed by atoms with Crippen molar-refractivity contribution in [3.05, 3.63) is 47.0 Å². The van der Waals surface area contributed by atoms with E-state index in [1.54, 1.807) is 6.07 Å². The molecule has 1 heterocycles. The van der Waals surface area contributed by atoms with Gasteiger partial charge in [-0.05, 0) is 38.8 Å². The SMILES string of the molecule is C=CC(=O)Oc1cn(C(C)C)c2cc(NC3CCCCC3)c(F)cc2c1=O. The zero-order valence-electron chi connectivity index (χ0n) is 15.8. The van der Waals surface area contributed by atoms with Gasteiger partial charge in [0.1, 0.15) is 5.82 Å². The van der Waals surface area contributed by atoms with Gasteiger partial charge in [0.05, 0.1) is 22.8 Å². The molecule has 1 aliphatic rings. The molecule has 2 aromatic rings. The number of esters is 1. The van der Waals surface area contributed by atoms with Gasteiger partial charge >= 0.3 is 5.97 Å². The average Bonchev–Trinajstić information content (AvgIpc) is 2.65. The Morgan fingerprint density at radius 2 is 2.04 bits per heavy atom. The lowest BCUT2D eigenvalue weighted by molar-refractivity contribution is -0.129. The van der Waals surface area contributed by atoms with E-state index in [0.717, 1.165) is 31.8 Å². The van der Waals surface area contributed by atoms with Gasteiger partial charge in [0.25, 0.3) is 0 Å². The Balaban J connectivity index is 2.10. The highest BCUT2D eigenvalue weighted by molar-refractivity contribution is 5.87. The minimum absolute atomic E-state index is 0.0118. The van der Waals surface area contributed by atoms with Crippen LogP contribution in [0.1, 0.15) is 52.0 Å². The Morgan fingerprint density at radius 1 is 1.33 bits per heavy atom. The lowest BCUT2D eigenvalue weighted by Gasteiger charge is -2.25. The van der Waals surface area contributed by atoms with Crippen LogP contribution >= 0.6 is 0 Å². The van der Waals surface area contributed by atoms with E-state index in [0.29, 0.717) is 11.2 Å². The van der Waals surface area contributed by atoms with Gasteiger partial charge in [-0.2, -0.15) is 0 Å². The minimum Gasteiger partial charge on any atom is -0.418 e. The molecule has 1 aliphatic carbocycles. The summed E-state index contributed by atoms with van der Waals surface area (Å²) in [5.41, 5.74) is 0.493. The van der Waals surface area contributed by atoms with Gasteiger partial charge in [-0.3, -0.25) is 4.79 Å². The summed E-state index contributed by atoms with van der Waals surface area (Å²) < 4.78 is 21.6. The van der Waals surface area contributed by atoms with Crippen LogP contribution in [-0.2, 0) is 4.79 Å². The Hall–Kier alpha value is -2.63. The zero-order valence-corrected chi connectivity index (χ0v) is 15.8. The maximum atomic E-state index is 14.7. The highest BCUT2D eigenvalue weighted by Gasteiger charge is 2.19. The highest BCUT2D eigenvalue weighted by atomic mass is 19.1. The van der Waals surface area contributed by atoms with Crippen LogP contribution in [-0.4, -0.2) is 16.6 Å². The van der Waals surface area contributed by atoms with Crippen molar-refractivity contribution in [2.75, 3.05) is 5.32 Å². The number of anilines is 1. The molecule has 1 N–H and O–H groups in total. The average molecular weight is 372 g/mol. The number of fused-ring (bicyclic) bond motifs is 1. The maximum absolute atomic E-state index is 14.7. The molecule has 27 heavy (non-hydrogen) atoms. The third kappa shape index (κ3) is 4.04. The van der Waals surface area contributed by atoms with Gasteiger partial charge in [-0.15, -0.1) is 0 Å². The number of hydrogen-bond acceptors (Lipinski definition) is 4. The van der Waals surface area contributed by atoms with Crippen LogP contribution in [0.25, 0.3) is 10.9 Å². The van der Waals surface area contributed by atoms with Crippen molar-refractivity contribution < 1.29 is 13.9 Å². The monoisotopic (exact) mass is 372 g/mol. The van der Waals surface area contributed by atoms with Crippen LogP contribution in [0, 0.1) is 5.82 Å². The summed E-state index contributed by atoms with van der Waals surface area (Å²) in [5.74, 6) is -1.33. The highest BCUT2D eigenvalue weighted by Crippen LogP contribution is 2.28. The molecule has 3 rings (SSSR count). The molecule has 144 valence electrons. The molecule has 1 saturated carbocycles. The molecule has 0 amide bonds. The topological polar surface area (TPSA) is 60.3 Å². The van der Waals surface area contributed by atoms with Crippen LogP contribution in [0.3, 0.4) is 0 Å². The Bertz CT molecular complexity index is 927. The lowest BCUT2D eigenvalue weighted by atomic mass is 9.95. The van der Waals surface area contributed by atoms with E-state index in [4.69, 9.17) is 4.74 Å². The lowest BCUT2D eigenvalue weighted by Crippen LogP contribution is -2.23. The first-order chi connectivity index (χ1) is 12.9. The molecule has 0 atom stereocenters. The van der Waals surface area contributed by atoms with E-state index in [1.165, 1.54) is 18.7 Å². The van der Waals surface area contributed by atoms with Gasteiger partial charge in [0, 0.05) is 18.2 Å². The van der Waals surface area contributed by atoms with Gasteiger partial charge in [0.2, 0.25) is 5.43 Å². The number of hydrogen-bond donors (Lipinski definition) is 1. The number of halogens is 1. The van der Waals surface area contributed by atoms with Crippen molar-refractivity contribution in [1.82, 2.24) is 4.57 Å². The van der Waals surface area contributed by atoms with Crippen LogP contribution in [0.4, 0.5) is 10.1 Å². The van der Waals surface area contributed by atoms with Crippen molar-refractivity contribution in [1.29, 1.82) is 0 Å². The van der Waals surface area contributed by atoms with Crippen molar-refractivity contribution in [2.24, 2.45) is 0 Å². The second-order valence-electron chi connectivity index (χ2n) is 7.28. The number of carbonyl (C=O) groups is 1. The molecular formula is C21H25FN2O3. The van der Waals surface area contributed by atoms with Crippen LogP contribution in [0.5, 0.6) is 5.75 Å². The minimum atomic E-state index is -0.724. The summed E-state index contributed by atoms with van der Waals surface area (Å²) in [5, 5.41) is 3.48. The van der Waals surface area contributed by atoms with Gasteiger partial charge < -0.3 is 14.6 Å². The van der Waals surface area contributed by atoms with E-state index in [1.807, 2.05) is 18.4 Å². The van der Waals surface area contributed by atoms with Crippen molar-refractivity contribution in [2.45, 2.75) is 58.0 Å². The summed E-state index contributed by atoms with van der Waals surface area (Å²) in [7, 11) is 0. The molecule has 0 radical (unpaired) electrons. The number of nitrogens with zero attached hydrogens (tertiary/aromatic N) is 1. The summed E-state index contributed by atoms with van der Waals surface area (Å²) >= 11 is 0. The fourth-order valence-corrected chi connectivity index (χ4v) is 3.57. The Kier molecular flexibility index (Phi) is 5.63. The number of ether oxygens (including phenoxy) is 1. The predicted octanol–water partition coefficient (Wildman–Crippen LogP) is 4.56. The summed E-state index contributed by atoms with van der Waals surface area (Å²) in [6.45, 7) is 7.23. The van der Waals surface area contributed by atoms with Crippen LogP contribution in [0.15, 0.2) is 35.8 Å². The van der Waals surface area contributed by atoms with E-state index in [-0.39, 0.29) is 23.2 Å². The van der Waals surface area contributed by atoms with E-state index in [2.05, 4.69) is 11.9 Å². The third-order valence-electron chi connectivity index (χ3n) is 4.99. The maximum Gasteiger partial charge on any atom is 0.335 e. The number of pyridine rings is 1. The quantitative estimate of drug-likeness (QED) is 0.617. The Morgan fingerprint density at radius 3 is 2.67 bits per heavy atom. The predicted molar refractivity (Wildman–Crippen MR) is 105 cm³/mol. The molecule has 0 saturated heterocycles. The smallest absolute Gasteiger partial charge is 0.335 e. The normalized spacial score (nSPS) is 15.1. The molecule has 1 aromatic carbocycles. The van der Waals surface area contributed by atoms with Crippen molar-refractivity contribution in [3.8, 4) is 5.75 Å². The second-order valence-corrected chi connectivity index (χ2v) is 7.28. The number of aromatic nitrogens is 1. The van der Waals surface area contributed by atoms with Crippen molar-refractivity contribution >= 4 is 22.6 Å². The summed E-state index contributed by atoms with van der Waals surface area (Å²) in [6, 6.07) is 3.15. The van der Waals surface area contributed by atoms with Crippen molar-refractivity contribution in [3.63, 3.8) is 0 Å². The molecule has 1 aromatic heterocycles. The third-order valence-corrected chi connectivity index (χ3v) is 4.99. The molecule has 0 spiro atoms. The zero-order chi connectivity index (χ0) is 19.6. The molecular weight excluding hydrogens is 347 g/mol. The molecule has 0 unspecified atom stereocenters. The molecule has 6 heteroatoms. The number of rotatable bonds is 5. The van der Waals surface area contributed by atoms with Gasteiger partial charge in [-0.1, -0.05) is 25.8 Å². The standard InChI is InChI=1S/C21H25FN2O3/c1-4-20(25)27-19-12-24(13(2)3)18-11-17(16(22)10-15(18)21(19)26)23-14-8-6-5-7-9-14/h4,10-14,23H,1,5-9H2,2-3H3. The largest absolute Gasteiger partial charge is 0.418 e. The molecule has 5 nitrogen and oxygen atoms in total. The molecule has 1 fully saturated rings. The summed E-state index contributed by atoms with van der Waals surface area (Å²) in [4.78, 5) is 24.2. The molecule has 0 aliphatic heterocycles. The second kappa shape index (κ2) is 7.94. The number of carbonyl (C=O) groups excluding carboxylic acids is 1. The number of benzene rings is 1. The fourth-order valence-electron chi connectivity index (χ4n) is 3.57. The van der Waals surface area contributed by atoms with E-state index in [9.17, 15) is 14.0 Å². The van der Waals surface area contributed by atoms with Crippen LogP contribution in [0.2, 0.25) is 0 Å². The first-order valence-corrected chi connectivity index (χ1v) is 9.40. The Labute approximate surface area is 157 Å². The first-order valence-electron chi connectivity index (χ1n) is 9.40. The first kappa shape index (κ1) is 19.1. The number of nitrogens with one attached hydrogen (secondary N) is 1. The van der Waals surface area contributed by atoms with E-state index >= 15 is 0 Å². The fraction of sp³-hybridized carbons (Fsp3) is 0.429. The molecule has 0 bridgehead atoms. The van der Waals surface area contributed by atoms with Gasteiger partial charge in [0.15, 0.2) is 5.75 Å². The summed E-state index contributed by atoms with van der Waals surface area (Å²) in [6.07, 6.45) is 8.02.